The molecule has 0 saturated carbocycles. The van der Waals surface area contributed by atoms with Gasteiger partial charge >= 0.3 is 0 Å². The van der Waals surface area contributed by atoms with Gasteiger partial charge < -0.3 is 10.1 Å². The van der Waals surface area contributed by atoms with Crippen LogP contribution in [-0.2, 0) is 0 Å². The van der Waals surface area contributed by atoms with Crippen LogP contribution in [0.3, 0.4) is 0 Å². The lowest BCUT2D eigenvalue weighted by Gasteiger charge is -2.40. The molecule has 2 nitrogen and oxygen atoms in total. The standard InChI is InChI=1S/C17H27NO/c1-5-7-10-18-15-12-17(4,6-2)19-16-9-8-13(3)11-14(15)16/h8-9,11,15,18H,5-7,10,12H2,1-4H3. The first-order valence-corrected chi connectivity index (χ1v) is 7.61. The molecule has 1 aromatic carbocycles. The zero-order chi connectivity index (χ0) is 13.9. The minimum Gasteiger partial charge on any atom is -0.487 e. The monoisotopic (exact) mass is 261 g/mol. The third-order valence-corrected chi connectivity index (χ3v) is 4.20. The molecule has 1 aliphatic rings. The van der Waals surface area contributed by atoms with E-state index in [4.69, 9.17) is 4.74 Å². The maximum Gasteiger partial charge on any atom is 0.124 e. The quantitative estimate of drug-likeness (QED) is 0.794. The minimum absolute atomic E-state index is 0.0356. The predicted molar refractivity (Wildman–Crippen MR) is 80.8 cm³/mol. The van der Waals surface area contributed by atoms with Crippen LogP contribution in [0.5, 0.6) is 5.75 Å². The van der Waals surface area contributed by atoms with Gasteiger partial charge in [0.15, 0.2) is 0 Å². The van der Waals surface area contributed by atoms with Crippen molar-refractivity contribution in [2.24, 2.45) is 0 Å². The van der Waals surface area contributed by atoms with Crippen LogP contribution in [0.2, 0.25) is 0 Å². The number of benzene rings is 1. The number of unbranched alkanes of at least 4 members (excludes halogenated alkanes) is 1. The first-order valence-electron chi connectivity index (χ1n) is 7.61. The highest BCUT2D eigenvalue weighted by molar-refractivity contribution is 5.41. The van der Waals surface area contributed by atoms with Crippen molar-refractivity contribution >= 4 is 0 Å². The second-order valence-electron chi connectivity index (χ2n) is 6.01. The minimum atomic E-state index is -0.0356. The Bertz CT molecular complexity index is 429. The molecule has 2 heteroatoms. The molecule has 0 radical (unpaired) electrons. The fraction of sp³-hybridized carbons (Fsp3) is 0.647. The Hall–Kier alpha value is -1.02. The normalized spacial score (nSPS) is 25.8. The number of ether oxygens (including phenoxy) is 1. The highest BCUT2D eigenvalue weighted by Gasteiger charge is 2.35. The van der Waals surface area contributed by atoms with E-state index in [0.717, 1.165) is 25.1 Å². The van der Waals surface area contributed by atoms with Gasteiger partial charge in [0, 0.05) is 18.0 Å². The van der Waals surface area contributed by atoms with Crippen molar-refractivity contribution in [3.05, 3.63) is 29.3 Å². The molecule has 0 aliphatic carbocycles. The molecule has 0 saturated heterocycles. The highest BCUT2D eigenvalue weighted by Crippen LogP contribution is 2.41. The van der Waals surface area contributed by atoms with Crippen LogP contribution in [-0.4, -0.2) is 12.1 Å². The predicted octanol–water partition coefficient (Wildman–Crippen LogP) is 4.38. The van der Waals surface area contributed by atoms with E-state index in [9.17, 15) is 0 Å². The van der Waals surface area contributed by atoms with Gasteiger partial charge in [0.25, 0.3) is 0 Å². The molecule has 1 aliphatic heterocycles. The number of fused-ring (bicyclic) bond motifs is 1. The molecule has 106 valence electrons. The van der Waals surface area contributed by atoms with E-state index in [1.807, 2.05) is 0 Å². The summed E-state index contributed by atoms with van der Waals surface area (Å²) in [5, 5.41) is 3.72. The van der Waals surface area contributed by atoms with Crippen molar-refractivity contribution in [2.45, 2.75) is 65.0 Å². The van der Waals surface area contributed by atoms with Gasteiger partial charge in [-0.1, -0.05) is 38.0 Å². The third kappa shape index (κ3) is 3.30. The lowest BCUT2D eigenvalue weighted by molar-refractivity contribution is 0.0442. The van der Waals surface area contributed by atoms with Crippen LogP contribution in [0.4, 0.5) is 0 Å². The van der Waals surface area contributed by atoms with Crippen molar-refractivity contribution in [1.29, 1.82) is 0 Å². The van der Waals surface area contributed by atoms with Crippen molar-refractivity contribution in [1.82, 2.24) is 5.32 Å². The molecule has 2 unspecified atom stereocenters. The van der Waals surface area contributed by atoms with Crippen molar-refractivity contribution in [3.63, 3.8) is 0 Å². The summed E-state index contributed by atoms with van der Waals surface area (Å²) >= 11 is 0. The average molecular weight is 261 g/mol. The molecule has 19 heavy (non-hydrogen) atoms. The lowest BCUT2D eigenvalue weighted by Crippen LogP contribution is -2.41. The maximum atomic E-state index is 6.22. The Morgan fingerprint density at radius 1 is 1.37 bits per heavy atom. The van der Waals surface area contributed by atoms with Crippen LogP contribution in [0, 0.1) is 6.92 Å². The summed E-state index contributed by atoms with van der Waals surface area (Å²) in [4.78, 5) is 0. The maximum absolute atomic E-state index is 6.22. The summed E-state index contributed by atoms with van der Waals surface area (Å²) in [6, 6.07) is 6.98. The topological polar surface area (TPSA) is 21.3 Å². The van der Waals surface area contributed by atoms with Crippen LogP contribution in [0.15, 0.2) is 18.2 Å². The summed E-state index contributed by atoms with van der Waals surface area (Å²) < 4.78 is 6.22. The van der Waals surface area contributed by atoms with Gasteiger partial charge in [-0.15, -0.1) is 0 Å². The Morgan fingerprint density at radius 2 is 2.16 bits per heavy atom. The molecule has 1 N–H and O–H groups in total. The molecular weight excluding hydrogens is 234 g/mol. The lowest BCUT2D eigenvalue weighted by atomic mass is 9.86. The Balaban J connectivity index is 2.23. The van der Waals surface area contributed by atoms with Crippen LogP contribution >= 0.6 is 0 Å². The molecular formula is C17H27NO. The summed E-state index contributed by atoms with van der Waals surface area (Å²) in [6.45, 7) is 9.91. The number of rotatable bonds is 5. The van der Waals surface area contributed by atoms with Crippen molar-refractivity contribution < 1.29 is 4.74 Å². The van der Waals surface area contributed by atoms with Gasteiger partial charge in [-0.05, 0) is 39.3 Å². The first kappa shape index (κ1) is 14.4. The van der Waals surface area contributed by atoms with Crippen LogP contribution < -0.4 is 10.1 Å². The van der Waals surface area contributed by atoms with Crippen LogP contribution in [0.1, 0.15) is 63.6 Å². The van der Waals surface area contributed by atoms with Gasteiger partial charge in [-0.2, -0.15) is 0 Å². The highest BCUT2D eigenvalue weighted by atomic mass is 16.5. The molecule has 1 heterocycles. The summed E-state index contributed by atoms with van der Waals surface area (Å²) in [6.07, 6.45) is 4.58. The number of hydrogen-bond acceptors (Lipinski definition) is 2. The molecule has 0 fully saturated rings. The van der Waals surface area contributed by atoms with E-state index in [1.165, 1.54) is 24.0 Å². The largest absolute Gasteiger partial charge is 0.487 e. The number of hydrogen-bond donors (Lipinski definition) is 1. The SMILES string of the molecule is CCCCNC1CC(C)(CC)Oc2ccc(C)cc21. The van der Waals surface area contributed by atoms with E-state index in [1.54, 1.807) is 0 Å². The second-order valence-corrected chi connectivity index (χ2v) is 6.01. The van der Waals surface area contributed by atoms with E-state index in [-0.39, 0.29) is 5.60 Å². The zero-order valence-corrected chi connectivity index (χ0v) is 12.8. The Kier molecular flexibility index (Phi) is 4.51. The summed E-state index contributed by atoms with van der Waals surface area (Å²) in [7, 11) is 0. The molecule has 0 amide bonds. The fourth-order valence-corrected chi connectivity index (χ4v) is 2.73. The van der Waals surface area contributed by atoms with Gasteiger partial charge in [-0.3, -0.25) is 0 Å². The second kappa shape index (κ2) is 5.96. The molecule has 2 rings (SSSR count). The van der Waals surface area contributed by atoms with Crippen molar-refractivity contribution in [3.8, 4) is 5.75 Å². The number of nitrogens with one attached hydrogen (secondary N) is 1. The van der Waals surface area contributed by atoms with Crippen molar-refractivity contribution in [2.75, 3.05) is 6.54 Å². The molecule has 2 atom stereocenters. The van der Waals surface area contributed by atoms with E-state index in [0.29, 0.717) is 6.04 Å². The van der Waals surface area contributed by atoms with Gasteiger partial charge in [0.1, 0.15) is 11.4 Å². The summed E-state index contributed by atoms with van der Waals surface area (Å²) in [5.41, 5.74) is 2.61. The smallest absolute Gasteiger partial charge is 0.124 e. The van der Waals surface area contributed by atoms with E-state index < -0.39 is 0 Å². The van der Waals surface area contributed by atoms with Gasteiger partial charge in [-0.25, -0.2) is 0 Å². The molecule has 0 aromatic heterocycles. The number of aryl methyl sites for hydroxylation is 1. The fourth-order valence-electron chi connectivity index (χ4n) is 2.73. The molecule has 0 spiro atoms. The van der Waals surface area contributed by atoms with E-state index in [2.05, 4.69) is 51.2 Å². The molecule has 0 bridgehead atoms. The average Bonchev–Trinajstić information content (AvgIpc) is 2.40. The third-order valence-electron chi connectivity index (χ3n) is 4.20. The van der Waals surface area contributed by atoms with E-state index >= 15 is 0 Å². The zero-order valence-electron chi connectivity index (χ0n) is 12.8. The van der Waals surface area contributed by atoms with Crippen LogP contribution in [0.25, 0.3) is 0 Å². The van der Waals surface area contributed by atoms with Gasteiger partial charge in [0.05, 0.1) is 0 Å². The summed E-state index contributed by atoms with van der Waals surface area (Å²) in [5.74, 6) is 1.06. The first-order chi connectivity index (χ1) is 9.08. The molecule has 1 aromatic rings. The Morgan fingerprint density at radius 3 is 2.84 bits per heavy atom. The Labute approximate surface area is 117 Å². The van der Waals surface area contributed by atoms with Gasteiger partial charge in [0.2, 0.25) is 0 Å².